The van der Waals surface area contributed by atoms with Crippen molar-refractivity contribution >= 4 is 40.8 Å². The summed E-state index contributed by atoms with van der Waals surface area (Å²) in [4.78, 5) is 10.2. The summed E-state index contributed by atoms with van der Waals surface area (Å²) in [6.07, 6.45) is 6.30. The molecule has 0 atom stereocenters. The lowest BCUT2D eigenvalue weighted by Gasteiger charge is -2.26. The molecule has 1 fully saturated rings. The molecule has 5 nitrogen and oxygen atoms in total. The second-order valence-electron chi connectivity index (χ2n) is 7.26. The number of hydrogen-bond donors (Lipinski definition) is 2. The normalized spacial score (nSPS) is 15.5. The van der Waals surface area contributed by atoms with Crippen molar-refractivity contribution in [3.63, 3.8) is 0 Å². The number of nitrogens with zero attached hydrogens (tertiary/aromatic N) is 2. The van der Waals surface area contributed by atoms with Crippen molar-refractivity contribution in [3.05, 3.63) is 35.8 Å². The van der Waals surface area contributed by atoms with E-state index >= 15 is 0 Å². The molecule has 3 rings (SSSR count). The summed E-state index contributed by atoms with van der Waals surface area (Å²) in [5, 5.41) is 4.46. The molecule has 2 heterocycles. The molecule has 2 N–H and O–H groups in total. The number of H-pyrrole nitrogens is 1. The van der Waals surface area contributed by atoms with Gasteiger partial charge < -0.3 is 19.9 Å². The van der Waals surface area contributed by atoms with E-state index in [-0.39, 0.29) is 29.8 Å². The van der Waals surface area contributed by atoms with Gasteiger partial charge in [0.1, 0.15) is 5.82 Å². The first-order chi connectivity index (χ1) is 13.2. The first-order valence-electron chi connectivity index (χ1n) is 10.00. The summed E-state index contributed by atoms with van der Waals surface area (Å²) in [5.41, 5.74) is 2.02. The zero-order valence-corrected chi connectivity index (χ0v) is 19.2. The fourth-order valence-electron chi connectivity index (χ4n) is 3.63. The molecule has 0 bridgehead atoms. The monoisotopic (exact) mass is 502 g/mol. The van der Waals surface area contributed by atoms with Crippen molar-refractivity contribution < 1.29 is 9.13 Å². The van der Waals surface area contributed by atoms with E-state index in [2.05, 4.69) is 29.2 Å². The lowest BCUT2D eigenvalue weighted by Crippen LogP contribution is -2.40. The summed E-state index contributed by atoms with van der Waals surface area (Å²) >= 11 is 0. The van der Waals surface area contributed by atoms with Gasteiger partial charge in [-0.15, -0.1) is 24.0 Å². The van der Waals surface area contributed by atoms with E-state index in [0.717, 1.165) is 55.5 Å². The van der Waals surface area contributed by atoms with Crippen LogP contribution in [-0.4, -0.2) is 55.7 Å². The van der Waals surface area contributed by atoms with Crippen LogP contribution in [0.1, 0.15) is 31.7 Å². The predicted octanol–water partition coefficient (Wildman–Crippen LogP) is 4.18. The highest BCUT2D eigenvalue weighted by Crippen LogP contribution is 2.20. The van der Waals surface area contributed by atoms with Crippen LogP contribution >= 0.6 is 24.0 Å². The van der Waals surface area contributed by atoms with Crippen LogP contribution in [-0.2, 0) is 11.2 Å². The fourth-order valence-corrected chi connectivity index (χ4v) is 3.63. The first-order valence-corrected chi connectivity index (χ1v) is 10.00. The van der Waals surface area contributed by atoms with Gasteiger partial charge in [-0.3, -0.25) is 4.99 Å². The molecule has 0 saturated carbocycles. The van der Waals surface area contributed by atoms with E-state index in [1.165, 1.54) is 37.0 Å². The van der Waals surface area contributed by atoms with E-state index in [1.807, 2.05) is 12.3 Å². The molecule has 156 valence electrons. The van der Waals surface area contributed by atoms with Gasteiger partial charge in [0.2, 0.25) is 0 Å². The number of nitrogens with one attached hydrogen (secondary N) is 2. The summed E-state index contributed by atoms with van der Waals surface area (Å²) in [6.45, 7) is 6.45. The molecule has 0 spiro atoms. The van der Waals surface area contributed by atoms with Crippen molar-refractivity contribution in [3.8, 4) is 0 Å². The molecule has 0 aliphatic carbocycles. The van der Waals surface area contributed by atoms with Gasteiger partial charge >= 0.3 is 0 Å². The minimum absolute atomic E-state index is 0. The molecule has 1 aromatic heterocycles. The summed E-state index contributed by atoms with van der Waals surface area (Å²) in [6, 6.07) is 4.89. The number of benzene rings is 1. The number of hydrogen-bond acceptors (Lipinski definition) is 2. The quantitative estimate of drug-likeness (QED) is 0.340. The lowest BCUT2D eigenvalue weighted by atomic mass is 9.96. The Morgan fingerprint density at radius 1 is 1.36 bits per heavy atom. The van der Waals surface area contributed by atoms with Gasteiger partial charge in [-0.1, -0.05) is 0 Å². The number of fused-ring (bicyclic) bond motifs is 1. The van der Waals surface area contributed by atoms with E-state index in [4.69, 9.17) is 9.73 Å². The van der Waals surface area contributed by atoms with Crippen LogP contribution in [0.4, 0.5) is 4.39 Å². The topological polar surface area (TPSA) is 52.7 Å². The zero-order chi connectivity index (χ0) is 19.1. The maximum atomic E-state index is 13.3. The van der Waals surface area contributed by atoms with Crippen molar-refractivity contribution in [1.29, 1.82) is 0 Å². The second-order valence-corrected chi connectivity index (χ2v) is 7.26. The van der Waals surface area contributed by atoms with Gasteiger partial charge in [0.05, 0.1) is 0 Å². The Morgan fingerprint density at radius 2 is 2.14 bits per heavy atom. The third-order valence-corrected chi connectivity index (χ3v) is 5.28. The van der Waals surface area contributed by atoms with Crippen molar-refractivity contribution in [1.82, 2.24) is 15.2 Å². The Morgan fingerprint density at radius 3 is 2.89 bits per heavy atom. The molecule has 0 radical (unpaired) electrons. The van der Waals surface area contributed by atoms with Crippen LogP contribution in [0.3, 0.4) is 0 Å². The standard InChI is InChI=1S/C21H31FN4O.HI/c1-3-23-21(26(2)11-7-16-8-12-27-13-9-16)24-10-6-17-15-25-20-14-18(22)4-5-19(17)20;/h4-5,14-16,25H,3,6-13H2,1-2H3,(H,23,24);1H. The molecular formula is C21H32FIN4O. The Balaban J connectivity index is 0.00000280. The molecule has 1 aromatic carbocycles. The van der Waals surface area contributed by atoms with Crippen LogP contribution in [0.5, 0.6) is 0 Å². The van der Waals surface area contributed by atoms with Crippen molar-refractivity contribution in [2.45, 2.75) is 32.6 Å². The largest absolute Gasteiger partial charge is 0.381 e. The van der Waals surface area contributed by atoms with Crippen molar-refractivity contribution in [2.75, 3.05) is 39.9 Å². The van der Waals surface area contributed by atoms with Gasteiger partial charge in [0.15, 0.2) is 5.96 Å². The Bertz CT molecular complexity index is 758. The van der Waals surface area contributed by atoms with Crippen LogP contribution in [0.25, 0.3) is 10.9 Å². The van der Waals surface area contributed by atoms with Crippen LogP contribution in [0, 0.1) is 11.7 Å². The average molecular weight is 502 g/mol. The summed E-state index contributed by atoms with van der Waals surface area (Å²) in [5.74, 6) is 1.50. The molecule has 1 aliphatic heterocycles. The van der Waals surface area contributed by atoms with Crippen molar-refractivity contribution in [2.24, 2.45) is 10.9 Å². The third kappa shape index (κ3) is 6.34. The van der Waals surface area contributed by atoms with Crippen LogP contribution in [0.2, 0.25) is 0 Å². The number of aliphatic imine (C=N–C) groups is 1. The third-order valence-electron chi connectivity index (χ3n) is 5.28. The molecule has 28 heavy (non-hydrogen) atoms. The van der Waals surface area contributed by atoms with Gasteiger partial charge in [0, 0.05) is 57.0 Å². The molecule has 1 aliphatic rings. The van der Waals surface area contributed by atoms with E-state index < -0.39 is 0 Å². The number of halogens is 2. The number of aromatic nitrogens is 1. The highest BCUT2D eigenvalue weighted by molar-refractivity contribution is 14.0. The van der Waals surface area contributed by atoms with E-state index in [1.54, 1.807) is 0 Å². The smallest absolute Gasteiger partial charge is 0.193 e. The summed E-state index contributed by atoms with van der Waals surface area (Å²) in [7, 11) is 2.11. The number of ether oxygens (including phenoxy) is 1. The molecule has 0 amide bonds. The van der Waals surface area contributed by atoms with Crippen LogP contribution in [0.15, 0.2) is 29.4 Å². The highest BCUT2D eigenvalue weighted by atomic mass is 127. The highest BCUT2D eigenvalue weighted by Gasteiger charge is 2.15. The minimum Gasteiger partial charge on any atom is -0.381 e. The zero-order valence-electron chi connectivity index (χ0n) is 16.8. The number of guanidine groups is 1. The molecular weight excluding hydrogens is 470 g/mol. The van der Waals surface area contributed by atoms with E-state index in [0.29, 0.717) is 6.54 Å². The lowest BCUT2D eigenvalue weighted by molar-refractivity contribution is 0.0625. The Kier molecular flexibility index (Phi) is 9.50. The molecule has 7 heteroatoms. The average Bonchev–Trinajstić information content (AvgIpc) is 3.08. The van der Waals surface area contributed by atoms with Gasteiger partial charge in [-0.2, -0.15) is 0 Å². The molecule has 2 aromatic rings. The second kappa shape index (κ2) is 11.6. The van der Waals surface area contributed by atoms with E-state index in [9.17, 15) is 4.39 Å². The van der Waals surface area contributed by atoms with Gasteiger partial charge in [0.25, 0.3) is 0 Å². The van der Waals surface area contributed by atoms with Crippen LogP contribution < -0.4 is 5.32 Å². The maximum Gasteiger partial charge on any atom is 0.193 e. The van der Waals surface area contributed by atoms with Gasteiger partial charge in [-0.05, 0) is 62.3 Å². The van der Waals surface area contributed by atoms with Gasteiger partial charge in [-0.25, -0.2) is 4.39 Å². The number of aromatic amines is 1. The first kappa shape index (κ1) is 22.9. The maximum absolute atomic E-state index is 13.3. The Labute approximate surface area is 184 Å². The Hall–Kier alpha value is -1.35. The predicted molar refractivity (Wildman–Crippen MR) is 124 cm³/mol. The summed E-state index contributed by atoms with van der Waals surface area (Å²) < 4.78 is 18.8. The number of rotatable bonds is 7. The molecule has 1 saturated heterocycles. The minimum atomic E-state index is -0.213. The fraction of sp³-hybridized carbons (Fsp3) is 0.571. The SMILES string of the molecule is CCNC(=NCCc1c[nH]c2cc(F)ccc12)N(C)CCC1CCOCC1.I. The molecule has 0 unspecified atom stereocenters.